The van der Waals surface area contributed by atoms with E-state index in [0.717, 1.165) is 13.1 Å². The number of guanidine groups is 1. The number of likely N-dealkylation sites (tertiary alicyclic amines) is 1. The number of likely N-dealkylation sites (N-methyl/N-ethyl adjacent to an activating group) is 1. The van der Waals surface area contributed by atoms with Gasteiger partial charge in [-0.2, -0.15) is 0 Å². The van der Waals surface area contributed by atoms with Crippen LogP contribution in [-0.2, 0) is 5.41 Å². The lowest BCUT2D eigenvalue weighted by molar-refractivity contribution is 0.0857. The molecule has 0 aliphatic carbocycles. The van der Waals surface area contributed by atoms with Gasteiger partial charge in [-0.05, 0) is 50.7 Å². The number of carbonyl (C=O) groups is 1. The standard InChI is InChI=1S/C27H33F3N6O/c1-5-18(21-11-19(8-9-22(21)29)25(37)35-20-14-36(4)15-20)13-33-26(31)34-16-27(3,12-17(2)28)24-23(30)7-6-10-32-24/h5-11,13,17,20H,1,12,14-16H2,2-4H3,(H,35,37)(H3,31,33,34)/b18-13+/t17-,27-/m1/s1. The van der Waals surface area contributed by atoms with Crippen molar-refractivity contribution in [1.82, 2.24) is 20.5 Å². The Bertz CT molecular complexity index is 1190. The molecule has 198 valence electrons. The molecule has 0 saturated carbocycles. The summed E-state index contributed by atoms with van der Waals surface area (Å²) in [6.45, 7) is 8.27. The van der Waals surface area contributed by atoms with Crippen LogP contribution in [0.15, 0.2) is 60.4 Å². The Kier molecular flexibility index (Phi) is 9.09. The second-order valence-electron chi connectivity index (χ2n) is 9.62. The van der Waals surface area contributed by atoms with Gasteiger partial charge in [0.2, 0.25) is 0 Å². The van der Waals surface area contributed by atoms with E-state index >= 15 is 0 Å². The number of nitrogens with two attached hydrogens (primary N) is 1. The SMILES string of the molecule is C=C/C(=C\NC(N)=NC[C@@](C)(C[C@@H](C)F)c1ncccc1F)c1cc(C(=O)NC2CN(C)C2)ccc1F. The third-order valence-electron chi connectivity index (χ3n) is 6.19. The van der Waals surface area contributed by atoms with E-state index in [-0.39, 0.29) is 42.1 Å². The van der Waals surface area contributed by atoms with E-state index in [2.05, 4.69) is 32.1 Å². The van der Waals surface area contributed by atoms with Crippen LogP contribution in [0.25, 0.3) is 5.57 Å². The number of rotatable bonds is 10. The highest BCUT2D eigenvalue weighted by Crippen LogP contribution is 2.31. The van der Waals surface area contributed by atoms with Gasteiger partial charge in [0.15, 0.2) is 5.96 Å². The lowest BCUT2D eigenvalue weighted by Gasteiger charge is -2.36. The Morgan fingerprint density at radius 1 is 1.35 bits per heavy atom. The van der Waals surface area contributed by atoms with Crippen molar-refractivity contribution >= 4 is 17.4 Å². The van der Waals surface area contributed by atoms with E-state index in [9.17, 15) is 18.0 Å². The van der Waals surface area contributed by atoms with Gasteiger partial charge < -0.3 is 21.3 Å². The summed E-state index contributed by atoms with van der Waals surface area (Å²) in [5.74, 6) is -1.43. The molecule has 0 unspecified atom stereocenters. The molecular formula is C27H33F3N6O. The minimum Gasteiger partial charge on any atom is -0.370 e. The number of benzene rings is 1. The molecule has 4 N–H and O–H groups in total. The topological polar surface area (TPSA) is 95.6 Å². The van der Waals surface area contributed by atoms with Crippen molar-refractivity contribution in [3.63, 3.8) is 0 Å². The number of pyridine rings is 1. The first-order valence-electron chi connectivity index (χ1n) is 12.0. The summed E-state index contributed by atoms with van der Waals surface area (Å²) in [7, 11) is 1.96. The average Bonchev–Trinajstić information content (AvgIpc) is 2.83. The van der Waals surface area contributed by atoms with E-state index in [1.807, 2.05) is 7.05 Å². The zero-order valence-corrected chi connectivity index (χ0v) is 21.3. The van der Waals surface area contributed by atoms with Crippen LogP contribution < -0.4 is 16.4 Å². The molecule has 0 bridgehead atoms. The first-order valence-corrected chi connectivity index (χ1v) is 12.0. The molecule has 37 heavy (non-hydrogen) atoms. The molecule has 1 fully saturated rings. The minimum atomic E-state index is -1.22. The van der Waals surface area contributed by atoms with Gasteiger partial charge in [0.05, 0.1) is 24.5 Å². The van der Waals surface area contributed by atoms with Crippen LogP contribution in [0.2, 0.25) is 0 Å². The summed E-state index contributed by atoms with van der Waals surface area (Å²) in [5.41, 5.74) is 5.87. The molecule has 1 aromatic carbocycles. The lowest BCUT2D eigenvalue weighted by atomic mass is 9.81. The van der Waals surface area contributed by atoms with Gasteiger partial charge in [-0.1, -0.05) is 19.6 Å². The molecule has 1 aliphatic rings. The highest BCUT2D eigenvalue weighted by Gasteiger charge is 2.33. The number of halogens is 3. The maximum atomic E-state index is 14.6. The van der Waals surface area contributed by atoms with Crippen LogP contribution in [0.5, 0.6) is 0 Å². The predicted octanol–water partition coefficient (Wildman–Crippen LogP) is 3.54. The third-order valence-corrected chi connectivity index (χ3v) is 6.19. The number of hydrogen-bond donors (Lipinski definition) is 3. The van der Waals surface area contributed by atoms with Gasteiger partial charge in [0, 0.05) is 47.6 Å². The number of nitrogens with one attached hydrogen (secondary N) is 2. The van der Waals surface area contributed by atoms with Crippen molar-refractivity contribution in [3.8, 4) is 0 Å². The zero-order chi connectivity index (χ0) is 27.2. The summed E-state index contributed by atoms with van der Waals surface area (Å²) >= 11 is 0. The predicted molar refractivity (Wildman–Crippen MR) is 140 cm³/mol. The molecule has 1 aliphatic heterocycles. The fourth-order valence-corrected chi connectivity index (χ4v) is 4.34. The summed E-state index contributed by atoms with van der Waals surface area (Å²) in [5, 5.41) is 5.69. The number of aliphatic imine (C=N–C) groups is 1. The molecule has 2 aromatic rings. The van der Waals surface area contributed by atoms with Crippen molar-refractivity contribution in [2.45, 2.75) is 37.9 Å². The number of carbonyl (C=O) groups excluding carboxylic acids is 1. The molecule has 1 amide bonds. The van der Waals surface area contributed by atoms with E-state index < -0.39 is 23.2 Å². The van der Waals surface area contributed by atoms with E-state index in [1.165, 1.54) is 55.7 Å². The second-order valence-corrected chi connectivity index (χ2v) is 9.62. The van der Waals surface area contributed by atoms with Crippen LogP contribution in [0, 0.1) is 11.6 Å². The van der Waals surface area contributed by atoms with E-state index in [4.69, 9.17) is 5.73 Å². The number of aromatic nitrogens is 1. The number of nitrogens with zero attached hydrogens (tertiary/aromatic N) is 3. The van der Waals surface area contributed by atoms with Crippen molar-refractivity contribution < 1.29 is 18.0 Å². The van der Waals surface area contributed by atoms with Crippen LogP contribution >= 0.6 is 0 Å². The van der Waals surface area contributed by atoms with Crippen molar-refractivity contribution in [2.24, 2.45) is 10.7 Å². The zero-order valence-electron chi connectivity index (χ0n) is 21.3. The van der Waals surface area contributed by atoms with Crippen LogP contribution in [0.1, 0.15) is 41.9 Å². The Morgan fingerprint density at radius 2 is 2.08 bits per heavy atom. The first kappa shape index (κ1) is 27.9. The lowest BCUT2D eigenvalue weighted by Crippen LogP contribution is -2.57. The maximum Gasteiger partial charge on any atom is 0.251 e. The van der Waals surface area contributed by atoms with Crippen molar-refractivity contribution in [2.75, 3.05) is 26.7 Å². The van der Waals surface area contributed by atoms with Crippen molar-refractivity contribution in [1.29, 1.82) is 0 Å². The number of hydrogen-bond acceptors (Lipinski definition) is 4. The van der Waals surface area contributed by atoms with Crippen molar-refractivity contribution in [3.05, 3.63) is 83.8 Å². The normalized spacial score (nSPS) is 17.5. The van der Waals surface area contributed by atoms with E-state index in [1.54, 1.807) is 6.92 Å². The molecule has 3 rings (SSSR count). The smallest absolute Gasteiger partial charge is 0.251 e. The molecule has 10 heteroatoms. The summed E-state index contributed by atoms with van der Waals surface area (Å²) < 4.78 is 43.0. The molecule has 2 atom stereocenters. The molecule has 2 heterocycles. The number of amides is 1. The average molecular weight is 515 g/mol. The Morgan fingerprint density at radius 3 is 2.70 bits per heavy atom. The highest BCUT2D eigenvalue weighted by molar-refractivity contribution is 5.95. The van der Waals surface area contributed by atoms with Gasteiger partial charge in [0.1, 0.15) is 11.6 Å². The second kappa shape index (κ2) is 12.1. The van der Waals surface area contributed by atoms with Crippen LogP contribution in [-0.4, -0.2) is 60.6 Å². The third kappa shape index (κ3) is 7.19. The number of allylic oxidation sites excluding steroid dienone is 2. The fourth-order valence-electron chi connectivity index (χ4n) is 4.34. The minimum absolute atomic E-state index is 0.0112. The Hall–Kier alpha value is -3.66. The Balaban J connectivity index is 1.76. The Labute approximate surface area is 215 Å². The monoisotopic (exact) mass is 514 g/mol. The van der Waals surface area contributed by atoms with Gasteiger partial charge in [-0.15, -0.1) is 0 Å². The van der Waals surface area contributed by atoms with Crippen LogP contribution in [0.4, 0.5) is 13.2 Å². The van der Waals surface area contributed by atoms with Gasteiger partial charge in [-0.3, -0.25) is 14.8 Å². The largest absolute Gasteiger partial charge is 0.370 e. The molecule has 7 nitrogen and oxygen atoms in total. The van der Waals surface area contributed by atoms with Gasteiger partial charge in [-0.25, -0.2) is 13.2 Å². The molecule has 0 radical (unpaired) electrons. The van der Waals surface area contributed by atoms with E-state index in [0.29, 0.717) is 11.1 Å². The molecule has 1 aromatic heterocycles. The van der Waals surface area contributed by atoms with Gasteiger partial charge >= 0.3 is 0 Å². The molecule has 0 spiro atoms. The quantitative estimate of drug-likeness (QED) is 0.256. The molecule has 1 saturated heterocycles. The fraction of sp³-hybridized carbons (Fsp3) is 0.370. The van der Waals surface area contributed by atoms with Gasteiger partial charge in [0.25, 0.3) is 5.91 Å². The van der Waals surface area contributed by atoms with Crippen LogP contribution in [0.3, 0.4) is 0 Å². The number of alkyl halides is 1. The maximum absolute atomic E-state index is 14.6. The summed E-state index contributed by atoms with van der Waals surface area (Å²) in [6, 6.07) is 6.87. The highest BCUT2D eigenvalue weighted by atomic mass is 19.1. The first-order chi connectivity index (χ1) is 17.5. The molecular weight excluding hydrogens is 481 g/mol. The summed E-state index contributed by atoms with van der Waals surface area (Å²) in [6.07, 6.45) is 3.03. The summed E-state index contributed by atoms with van der Waals surface area (Å²) in [4.78, 5) is 23.0.